The molecule has 0 saturated carbocycles. The normalized spacial score (nSPS) is 10.2. The second kappa shape index (κ2) is 8.77. The van der Waals surface area contributed by atoms with E-state index in [1.807, 2.05) is 18.2 Å². The number of rotatable bonds is 6. The number of amides is 2. The summed E-state index contributed by atoms with van der Waals surface area (Å²) in [5.41, 5.74) is 1.48. The van der Waals surface area contributed by atoms with Crippen molar-refractivity contribution in [3.63, 3.8) is 0 Å². The van der Waals surface area contributed by atoms with E-state index < -0.39 is 17.6 Å². The Morgan fingerprint density at radius 1 is 1.04 bits per heavy atom. The van der Waals surface area contributed by atoms with Crippen LogP contribution in [0.15, 0.2) is 66.9 Å². The first-order chi connectivity index (χ1) is 13.6. The molecule has 0 aliphatic heterocycles. The predicted molar refractivity (Wildman–Crippen MR) is 103 cm³/mol. The minimum atomic E-state index is -0.466. The number of halogens is 1. The third-order valence-corrected chi connectivity index (χ3v) is 3.97. The van der Waals surface area contributed by atoms with Gasteiger partial charge >= 0.3 is 0 Å². The summed E-state index contributed by atoms with van der Waals surface area (Å²) in [7, 11) is 1.56. The minimum absolute atomic E-state index is 0.0989. The molecule has 0 unspecified atom stereocenters. The lowest BCUT2D eigenvalue weighted by atomic mass is 10.2. The smallest absolute Gasteiger partial charge is 0.270 e. The summed E-state index contributed by atoms with van der Waals surface area (Å²) in [5.74, 6) is -0.680. The number of nitrogens with zero attached hydrogens (tertiary/aromatic N) is 1. The van der Waals surface area contributed by atoms with Gasteiger partial charge in [0.1, 0.15) is 17.3 Å². The molecule has 1 aromatic heterocycles. The number of hydrogen-bond acceptors (Lipinski definition) is 4. The van der Waals surface area contributed by atoms with Crippen molar-refractivity contribution < 1.29 is 18.7 Å². The zero-order valence-corrected chi connectivity index (χ0v) is 15.1. The van der Waals surface area contributed by atoms with Crippen LogP contribution in [-0.2, 0) is 6.54 Å². The quantitative estimate of drug-likeness (QED) is 0.688. The van der Waals surface area contributed by atoms with Crippen LogP contribution in [0.4, 0.5) is 10.1 Å². The Hall–Kier alpha value is -3.74. The van der Waals surface area contributed by atoms with Crippen molar-refractivity contribution in [1.29, 1.82) is 0 Å². The van der Waals surface area contributed by atoms with E-state index in [4.69, 9.17) is 4.74 Å². The first kappa shape index (κ1) is 19.0. The summed E-state index contributed by atoms with van der Waals surface area (Å²) < 4.78 is 18.5. The molecule has 3 rings (SSSR count). The van der Waals surface area contributed by atoms with Gasteiger partial charge in [0.15, 0.2) is 0 Å². The van der Waals surface area contributed by atoms with Gasteiger partial charge in [-0.2, -0.15) is 0 Å². The van der Waals surface area contributed by atoms with Gasteiger partial charge in [-0.3, -0.25) is 14.6 Å². The van der Waals surface area contributed by atoms with E-state index in [9.17, 15) is 14.0 Å². The number of nitrogens with one attached hydrogen (secondary N) is 2. The molecule has 7 heteroatoms. The molecule has 2 amide bonds. The van der Waals surface area contributed by atoms with Gasteiger partial charge in [-0.05, 0) is 36.4 Å². The Morgan fingerprint density at radius 3 is 2.64 bits per heavy atom. The number of benzene rings is 2. The lowest BCUT2D eigenvalue weighted by Gasteiger charge is -2.10. The van der Waals surface area contributed by atoms with Crippen molar-refractivity contribution in [2.24, 2.45) is 0 Å². The lowest BCUT2D eigenvalue weighted by Crippen LogP contribution is -2.24. The highest BCUT2D eigenvalue weighted by Gasteiger charge is 2.13. The fourth-order valence-corrected chi connectivity index (χ4v) is 2.58. The minimum Gasteiger partial charge on any atom is -0.496 e. The Balaban J connectivity index is 1.68. The van der Waals surface area contributed by atoms with E-state index in [1.54, 1.807) is 19.2 Å². The van der Waals surface area contributed by atoms with Gasteiger partial charge < -0.3 is 15.4 Å². The molecule has 0 radical (unpaired) electrons. The van der Waals surface area contributed by atoms with Gasteiger partial charge in [0, 0.05) is 29.6 Å². The molecular weight excluding hydrogens is 361 g/mol. The second-order valence-corrected chi connectivity index (χ2v) is 5.89. The van der Waals surface area contributed by atoms with E-state index in [-0.39, 0.29) is 17.8 Å². The molecule has 142 valence electrons. The molecule has 0 fully saturated rings. The summed E-state index contributed by atoms with van der Waals surface area (Å²) in [6.45, 7) is 0.254. The van der Waals surface area contributed by atoms with E-state index in [2.05, 4.69) is 15.6 Å². The number of ether oxygens (including phenoxy) is 1. The maximum atomic E-state index is 13.2. The molecule has 2 N–H and O–H groups in total. The molecule has 0 aliphatic rings. The highest BCUT2D eigenvalue weighted by atomic mass is 19.1. The van der Waals surface area contributed by atoms with Crippen molar-refractivity contribution in [1.82, 2.24) is 10.3 Å². The van der Waals surface area contributed by atoms with Crippen LogP contribution in [0.3, 0.4) is 0 Å². The van der Waals surface area contributed by atoms with Crippen LogP contribution < -0.4 is 15.4 Å². The molecule has 0 saturated heterocycles. The van der Waals surface area contributed by atoms with Crippen LogP contribution >= 0.6 is 0 Å². The van der Waals surface area contributed by atoms with Crippen molar-refractivity contribution in [2.75, 3.05) is 12.4 Å². The second-order valence-electron chi connectivity index (χ2n) is 5.89. The maximum absolute atomic E-state index is 13.2. The first-order valence-electron chi connectivity index (χ1n) is 8.50. The topological polar surface area (TPSA) is 80.3 Å². The van der Waals surface area contributed by atoms with Gasteiger partial charge in [-0.25, -0.2) is 4.39 Å². The van der Waals surface area contributed by atoms with Gasteiger partial charge in [0.25, 0.3) is 11.8 Å². The van der Waals surface area contributed by atoms with Gasteiger partial charge in [-0.15, -0.1) is 0 Å². The first-order valence-corrected chi connectivity index (χ1v) is 8.50. The number of carbonyl (C=O) groups is 2. The molecule has 1 heterocycles. The summed E-state index contributed by atoms with van der Waals surface area (Å²) in [6, 6.07) is 15.7. The highest BCUT2D eigenvalue weighted by molar-refractivity contribution is 6.05. The summed E-state index contributed by atoms with van der Waals surface area (Å²) in [4.78, 5) is 28.8. The van der Waals surface area contributed by atoms with Crippen LogP contribution in [0.2, 0.25) is 0 Å². The molecule has 28 heavy (non-hydrogen) atoms. The Bertz CT molecular complexity index is 1010. The summed E-state index contributed by atoms with van der Waals surface area (Å²) in [6.07, 6.45) is 1.37. The van der Waals surface area contributed by atoms with Crippen LogP contribution in [0.5, 0.6) is 5.75 Å². The van der Waals surface area contributed by atoms with E-state index in [0.29, 0.717) is 11.4 Å². The Labute approximate surface area is 161 Å². The third-order valence-electron chi connectivity index (χ3n) is 3.97. The maximum Gasteiger partial charge on any atom is 0.270 e. The molecule has 0 spiro atoms. The molecular formula is C21H18FN3O3. The Morgan fingerprint density at radius 2 is 1.86 bits per heavy atom. The monoisotopic (exact) mass is 379 g/mol. The fourth-order valence-electron chi connectivity index (χ4n) is 2.58. The number of para-hydroxylation sites is 1. The van der Waals surface area contributed by atoms with Gasteiger partial charge in [0.05, 0.1) is 7.11 Å². The van der Waals surface area contributed by atoms with Gasteiger partial charge in [0.2, 0.25) is 0 Å². The van der Waals surface area contributed by atoms with Crippen LogP contribution in [-0.4, -0.2) is 23.9 Å². The van der Waals surface area contributed by atoms with Crippen LogP contribution in [0.1, 0.15) is 26.4 Å². The number of anilines is 1. The third kappa shape index (κ3) is 4.70. The summed E-state index contributed by atoms with van der Waals surface area (Å²) >= 11 is 0. The number of methoxy groups -OCH3 is 1. The fraction of sp³-hybridized carbons (Fsp3) is 0.0952. The molecule has 0 bridgehead atoms. The van der Waals surface area contributed by atoms with Crippen LogP contribution in [0.25, 0.3) is 0 Å². The molecule has 0 atom stereocenters. The Kier molecular flexibility index (Phi) is 5.96. The van der Waals surface area contributed by atoms with Crippen molar-refractivity contribution >= 4 is 17.5 Å². The van der Waals surface area contributed by atoms with Crippen molar-refractivity contribution in [3.8, 4) is 5.75 Å². The molecule has 2 aromatic carbocycles. The summed E-state index contributed by atoms with van der Waals surface area (Å²) in [5, 5.41) is 5.33. The molecule has 6 nitrogen and oxygen atoms in total. The standard InChI is InChI=1S/C21H18FN3O3/c1-28-19-8-3-2-5-15(19)13-24-21(27)18-11-14(9-10-23-18)20(26)25-17-7-4-6-16(22)12-17/h2-12H,13H2,1H3,(H,24,27)(H,25,26). The average Bonchev–Trinajstić information content (AvgIpc) is 2.72. The molecule has 3 aromatic rings. The largest absolute Gasteiger partial charge is 0.496 e. The zero-order chi connectivity index (χ0) is 19.9. The SMILES string of the molecule is COc1ccccc1CNC(=O)c1cc(C(=O)Nc2cccc(F)c2)ccn1. The highest BCUT2D eigenvalue weighted by Crippen LogP contribution is 2.17. The van der Waals surface area contributed by atoms with Crippen molar-refractivity contribution in [3.05, 3.63) is 89.5 Å². The number of carbonyl (C=O) groups excluding carboxylic acids is 2. The average molecular weight is 379 g/mol. The predicted octanol–water partition coefficient (Wildman–Crippen LogP) is 3.41. The van der Waals surface area contributed by atoms with Crippen molar-refractivity contribution in [2.45, 2.75) is 6.54 Å². The van der Waals surface area contributed by atoms with Gasteiger partial charge in [-0.1, -0.05) is 24.3 Å². The lowest BCUT2D eigenvalue weighted by molar-refractivity contribution is 0.0945. The van der Waals surface area contributed by atoms with E-state index >= 15 is 0 Å². The molecule has 0 aliphatic carbocycles. The zero-order valence-electron chi connectivity index (χ0n) is 15.1. The van der Waals surface area contributed by atoms with Crippen LogP contribution in [0, 0.1) is 5.82 Å². The number of hydrogen-bond donors (Lipinski definition) is 2. The van der Waals surface area contributed by atoms with E-state index in [0.717, 1.165) is 5.56 Å². The number of pyridine rings is 1. The number of aromatic nitrogens is 1. The van der Waals surface area contributed by atoms with E-state index in [1.165, 1.54) is 36.5 Å².